The predicted octanol–water partition coefficient (Wildman–Crippen LogP) is 2.48. The van der Waals surface area contributed by atoms with Crippen molar-refractivity contribution in [1.29, 1.82) is 0 Å². The number of aromatic nitrogens is 1. The summed E-state index contributed by atoms with van der Waals surface area (Å²) in [6.07, 6.45) is 1.76. The highest BCUT2D eigenvalue weighted by Crippen LogP contribution is 2.24. The van der Waals surface area contributed by atoms with Gasteiger partial charge >= 0.3 is 5.97 Å². The van der Waals surface area contributed by atoms with E-state index >= 15 is 0 Å². The second kappa shape index (κ2) is 4.74. The first kappa shape index (κ1) is 11.3. The molecule has 1 aromatic heterocycles. The minimum Gasteiger partial charge on any atom is -0.497 e. The van der Waals surface area contributed by atoms with Gasteiger partial charge < -0.3 is 14.5 Å². The Labute approximate surface area is 99.2 Å². The van der Waals surface area contributed by atoms with Crippen molar-refractivity contribution >= 4 is 5.97 Å². The number of nitrogens with one attached hydrogen (secondary N) is 1. The van der Waals surface area contributed by atoms with Crippen LogP contribution in [0.15, 0.2) is 36.5 Å². The van der Waals surface area contributed by atoms with E-state index < -0.39 is 0 Å². The lowest BCUT2D eigenvalue weighted by molar-refractivity contribution is 0.0595. The number of ether oxygens (including phenoxy) is 2. The van der Waals surface area contributed by atoms with Gasteiger partial charge in [0.25, 0.3) is 0 Å². The van der Waals surface area contributed by atoms with Crippen LogP contribution in [0.5, 0.6) is 5.75 Å². The highest BCUT2D eigenvalue weighted by Gasteiger charge is 2.09. The lowest BCUT2D eigenvalue weighted by Gasteiger charge is -2.01. The number of carbonyl (C=O) groups excluding carboxylic acids is 1. The first-order chi connectivity index (χ1) is 8.24. The quantitative estimate of drug-likeness (QED) is 0.825. The number of rotatable bonds is 3. The summed E-state index contributed by atoms with van der Waals surface area (Å²) in [5.41, 5.74) is 2.34. The monoisotopic (exact) mass is 231 g/mol. The second-order valence-electron chi connectivity index (χ2n) is 3.53. The van der Waals surface area contributed by atoms with E-state index in [0.717, 1.165) is 16.9 Å². The van der Waals surface area contributed by atoms with Crippen LogP contribution in [-0.4, -0.2) is 25.2 Å². The molecule has 4 nitrogen and oxygen atoms in total. The molecule has 88 valence electrons. The Bertz CT molecular complexity index is 531. The van der Waals surface area contributed by atoms with Gasteiger partial charge in [0.15, 0.2) is 0 Å². The number of methoxy groups -OCH3 is 2. The van der Waals surface area contributed by atoms with E-state index in [2.05, 4.69) is 9.72 Å². The fourth-order valence-electron chi connectivity index (χ4n) is 1.59. The van der Waals surface area contributed by atoms with Crippen molar-refractivity contribution in [3.8, 4) is 16.9 Å². The van der Waals surface area contributed by atoms with E-state index in [0.29, 0.717) is 5.69 Å². The zero-order valence-electron chi connectivity index (χ0n) is 9.69. The molecule has 0 amide bonds. The summed E-state index contributed by atoms with van der Waals surface area (Å²) < 4.78 is 9.79. The summed E-state index contributed by atoms with van der Waals surface area (Å²) in [6.45, 7) is 0. The number of H-pyrrole nitrogens is 1. The minimum absolute atomic E-state index is 0.376. The Hall–Kier alpha value is -2.23. The van der Waals surface area contributed by atoms with Crippen molar-refractivity contribution < 1.29 is 14.3 Å². The van der Waals surface area contributed by atoms with Crippen LogP contribution in [0.1, 0.15) is 10.5 Å². The molecule has 0 spiro atoms. The summed E-state index contributed by atoms with van der Waals surface area (Å²) in [7, 11) is 2.98. The molecule has 0 bridgehead atoms. The molecule has 4 heteroatoms. The molecule has 1 heterocycles. The fourth-order valence-corrected chi connectivity index (χ4v) is 1.59. The van der Waals surface area contributed by atoms with Crippen LogP contribution in [0.4, 0.5) is 0 Å². The Morgan fingerprint density at radius 1 is 1.18 bits per heavy atom. The summed E-state index contributed by atoms with van der Waals surface area (Å²) in [4.78, 5) is 14.2. The van der Waals surface area contributed by atoms with Crippen LogP contribution in [0.2, 0.25) is 0 Å². The standard InChI is InChI=1S/C13H13NO3/c1-16-11-5-3-4-9(6-11)10-7-12(14-8-10)13(15)17-2/h3-8,14H,1-2H3. The topological polar surface area (TPSA) is 51.3 Å². The maximum Gasteiger partial charge on any atom is 0.354 e. The van der Waals surface area contributed by atoms with Crippen molar-refractivity contribution in [3.05, 3.63) is 42.2 Å². The third kappa shape index (κ3) is 2.30. The van der Waals surface area contributed by atoms with Gasteiger partial charge in [-0.15, -0.1) is 0 Å². The van der Waals surface area contributed by atoms with Crippen LogP contribution in [-0.2, 0) is 4.74 Å². The lowest BCUT2D eigenvalue weighted by Crippen LogP contribution is -2.00. The summed E-state index contributed by atoms with van der Waals surface area (Å²) in [5.74, 6) is 0.405. The van der Waals surface area contributed by atoms with E-state index in [1.54, 1.807) is 19.4 Å². The van der Waals surface area contributed by atoms with E-state index in [9.17, 15) is 4.79 Å². The minimum atomic E-state index is -0.376. The molecule has 2 rings (SSSR count). The van der Waals surface area contributed by atoms with Gasteiger partial charge in [-0.3, -0.25) is 0 Å². The Morgan fingerprint density at radius 3 is 2.71 bits per heavy atom. The molecular weight excluding hydrogens is 218 g/mol. The number of benzene rings is 1. The lowest BCUT2D eigenvalue weighted by atomic mass is 10.1. The molecule has 0 saturated heterocycles. The molecule has 1 aromatic carbocycles. The Balaban J connectivity index is 2.33. The van der Waals surface area contributed by atoms with E-state index in [1.165, 1.54) is 7.11 Å². The molecule has 0 radical (unpaired) electrons. The van der Waals surface area contributed by atoms with Crippen LogP contribution >= 0.6 is 0 Å². The maximum atomic E-state index is 11.3. The average molecular weight is 231 g/mol. The molecule has 0 unspecified atom stereocenters. The van der Waals surface area contributed by atoms with Gasteiger partial charge in [-0.2, -0.15) is 0 Å². The van der Waals surface area contributed by atoms with Crippen molar-refractivity contribution in [2.24, 2.45) is 0 Å². The first-order valence-electron chi connectivity index (χ1n) is 5.15. The number of hydrogen-bond donors (Lipinski definition) is 1. The Kier molecular flexibility index (Phi) is 3.14. The van der Waals surface area contributed by atoms with Crippen LogP contribution in [0.3, 0.4) is 0 Å². The number of carbonyl (C=O) groups is 1. The van der Waals surface area contributed by atoms with Crippen molar-refractivity contribution in [2.75, 3.05) is 14.2 Å². The third-order valence-corrected chi connectivity index (χ3v) is 2.49. The Morgan fingerprint density at radius 2 is 2.00 bits per heavy atom. The second-order valence-corrected chi connectivity index (χ2v) is 3.53. The van der Waals surface area contributed by atoms with E-state index in [4.69, 9.17) is 4.74 Å². The number of esters is 1. The summed E-state index contributed by atoms with van der Waals surface area (Å²) >= 11 is 0. The van der Waals surface area contributed by atoms with Gasteiger partial charge in [-0.25, -0.2) is 4.79 Å². The van der Waals surface area contributed by atoms with Gasteiger partial charge in [0.1, 0.15) is 11.4 Å². The van der Waals surface area contributed by atoms with Crippen molar-refractivity contribution in [1.82, 2.24) is 4.98 Å². The van der Waals surface area contributed by atoms with Crippen molar-refractivity contribution in [2.45, 2.75) is 0 Å². The zero-order valence-corrected chi connectivity index (χ0v) is 9.69. The molecule has 0 aliphatic rings. The summed E-state index contributed by atoms with van der Waals surface area (Å²) in [6, 6.07) is 9.38. The van der Waals surface area contributed by atoms with Gasteiger partial charge in [-0.05, 0) is 23.8 Å². The van der Waals surface area contributed by atoms with Gasteiger partial charge in [0.05, 0.1) is 14.2 Å². The molecule has 0 aliphatic heterocycles. The molecule has 0 atom stereocenters. The van der Waals surface area contributed by atoms with Crippen LogP contribution in [0, 0.1) is 0 Å². The normalized spacial score (nSPS) is 10.0. The smallest absolute Gasteiger partial charge is 0.354 e. The number of hydrogen-bond acceptors (Lipinski definition) is 3. The largest absolute Gasteiger partial charge is 0.497 e. The molecular formula is C13H13NO3. The fraction of sp³-hybridized carbons (Fsp3) is 0.154. The molecule has 0 fully saturated rings. The highest BCUT2D eigenvalue weighted by molar-refractivity contribution is 5.89. The first-order valence-corrected chi connectivity index (χ1v) is 5.15. The van der Waals surface area contributed by atoms with E-state index in [-0.39, 0.29) is 5.97 Å². The highest BCUT2D eigenvalue weighted by atomic mass is 16.5. The molecule has 0 saturated carbocycles. The van der Waals surface area contributed by atoms with Gasteiger partial charge in [0, 0.05) is 11.8 Å². The van der Waals surface area contributed by atoms with Gasteiger partial charge in [0.2, 0.25) is 0 Å². The molecule has 1 N–H and O–H groups in total. The third-order valence-electron chi connectivity index (χ3n) is 2.49. The van der Waals surface area contributed by atoms with Crippen LogP contribution in [0.25, 0.3) is 11.1 Å². The average Bonchev–Trinajstić information content (AvgIpc) is 2.87. The summed E-state index contributed by atoms with van der Waals surface area (Å²) in [5, 5.41) is 0. The SMILES string of the molecule is COC(=O)c1cc(-c2cccc(OC)c2)c[nH]1. The maximum absolute atomic E-state index is 11.3. The number of aromatic amines is 1. The van der Waals surface area contributed by atoms with E-state index in [1.807, 2.05) is 24.3 Å². The molecule has 2 aromatic rings. The van der Waals surface area contributed by atoms with Crippen LogP contribution < -0.4 is 4.74 Å². The zero-order chi connectivity index (χ0) is 12.3. The van der Waals surface area contributed by atoms with Crippen molar-refractivity contribution in [3.63, 3.8) is 0 Å². The van der Waals surface area contributed by atoms with Gasteiger partial charge in [-0.1, -0.05) is 12.1 Å². The molecule has 17 heavy (non-hydrogen) atoms. The molecule has 0 aliphatic carbocycles. The predicted molar refractivity (Wildman–Crippen MR) is 64.1 cm³/mol.